The number of rotatable bonds is 6. The van der Waals surface area contributed by atoms with Crippen LogP contribution in [0.15, 0.2) is 90.0 Å². The number of benzene rings is 3. The molecule has 1 heterocycles. The lowest BCUT2D eigenvalue weighted by molar-refractivity contribution is -0.113. The molecular formula is C24H22N2OS. The average molecular weight is 387 g/mol. The van der Waals surface area contributed by atoms with Crippen molar-refractivity contribution < 1.29 is 4.79 Å². The Morgan fingerprint density at radius 2 is 1.64 bits per heavy atom. The number of nitrogens with one attached hydrogen (secondary N) is 1. The Kier molecular flexibility index (Phi) is 5.49. The van der Waals surface area contributed by atoms with Crippen molar-refractivity contribution in [2.24, 2.45) is 0 Å². The van der Waals surface area contributed by atoms with Crippen molar-refractivity contribution in [2.75, 3.05) is 11.1 Å². The molecule has 0 spiro atoms. The molecule has 1 amide bonds. The minimum absolute atomic E-state index is 0.00810. The van der Waals surface area contributed by atoms with Crippen molar-refractivity contribution in [1.29, 1.82) is 0 Å². The van der Waals surface area contributed by atoms with Crippen molar-refractivity contribution in [3.05, 3.63) is 96.2 Å². The number of thioether (sulfide) groups is 1. The quantitative estimate of drug-likeness (QED) is 0.430. The smallest absolute Gasteiger partial charge is 0.234 e. The van der Waals surface area contributed by atoms with Crippen LogP contribution in [0.1, 0.15) is 11.1 Å². The molecule has 0 aliphatic heterocycles. The lowest BCUT2D eigenvalue weighted by Gasteiger charge is -2.05. The Bertz CT molecular complexity index is 1080. The maximum absolute atomic E-state index is 12.4. The highest BCUT2D eigenvalue weighted by Crippen LogP contribution is 2.30. The number of hydrogen-bond donors (Lipinski definition) is 1. The molecule has 0 fully saturated rings. The van der Waals surface area contributed by atoms with E-state index in [1.165, 1.54) is 22.0 Å². The first-order valence-electron chi connectivity index (χ1n) is 9.30. The molecular weight excluding hydrogens is 364 g/mol. The monoisotopic (exact) mass is 386 g/mol. The Balaban J connectivity index is 1.49. The van der Waals surface area contributed by atoms with Crippen LogP contribution < -0.4 is 5.32 Å². The van der Waals surface area contributed by atoms with Gasteiger partial charge in [-0.2, -0.15) is 0 Å². The van der Waals surface area contributed by atoms with E-state index in [1.54, 1.807) is 11.8 Å². The standard InChI is InChI=1S/C24H22N2OS/c1-18-11-13-20(14-12-18)25-24(27)17-28-23-16-26(15-19-7-3-2-4-8-19)22-10-6-5-9-21(22)23/h2-14,16H,15,17H2,1H3,(H,25,27). The molecule has 0 unspecified atom stereocenters. The van der Waals surface area contributed by atoms with Gasteiger partial charge in [0.15, 0.2) is 0 Å². The summed E-state index contributed by atoms with van der Waals surface area (Å²) in [5.74, 6) is 0.390. The van der Waals surface area contributed by atoms with Gasteiger partial charge in [0, 0.05) is 34.2 Å². The number of aromatic nitrogens is 1. The molecule has 3 nitrogen and oxygen atoms in total. The molecule has 4 aromatic rings. The third-order valence-electron chi connectivity index (χ3n) is 4.64. The summed E-state index contributed by atoms with van der Waals surface area (Å²) in [5.41, 5.74) is 4.46. The van der Waals surface area contributed by atoms with Crippen LogP contribution >= 0.6 is 11.8 Å². The molecule has 0 saturated heterocycles. The lowest BCUT2D eigenvalue weighted by atomic mass is 10.2. The summed E-state index contributed by atoms with van der Waals surface area (Å²) in [6, 6.07) is 26.7. The van der Waals surface area contributed by atoms with E-state index in [-0.39, 0.29) is 5.91 Å². The molecule has 0 aliphatic carbocycles. The van der Waals surface area contributed by atoms with Crippen molar-refractivity contribution in [1.82, 2.24) is 4.57 Å². The average Bonchev–Trinajstić information content (AvgIpc) is 3.07. The van der Waals surface area contributed by atoms with Gasteiger partial charge in [0.25, 0.3) is 0 Å². The fraction of sp³-hybridized carbons (Fsp3) is 0.125. The van der Waals surface area contributed by atoms with Crippen LogP contribution in [0.4, 0.5) is 5.69 Å². The summed E-state index contributed by atoms with van der Waals surface area (Å²) in [7, 11) is 0. The topological polar surface area (TPSA) is 34.0 Å². The number of hydrogen-bond acceptors (Lipinski definition) is 2. The van der Waals surface area contributed by atoms with E-state index in [0.717, 1.165) is 17.1 Å². The largest absolute Gasteiger partial charge is 0.342 e. The number of aryl methyl sites for hydroxylation is 1. The first kappa shape index (κ1) is 18.4. The normalized spacial score (nSPS) is 10.9. The second kappa shape index (κ2) is 8.36. The van der Waals surface area contributed by atoms with Crippen LogP contribution in [-0.2, 0) is 11.3 Å². The lowest BCUT2D eigenvalue weighted by Crippen LogP contribution is -2.13. The number of para-hydroxylation sites is 1. The van der Waals surface area contributed by atoms with Gasteiger partial charge in [-0.1, -0.05) is 66.2 Å². The van der Waals surface area contributed by atoms with Gasteiger partial charge in [-0.3, -0.25) is 4.79 Å². The summed E-state index contributed by atoms with van der Waals surface area (Å²) >= 11 is 1.58. The highest BCUT2D eigenvalue weighted by molar-refractivity contribution is 8.00. The fourth-order valence-corrected chi connectivity index (χ4v) is 4.10. The first-order chi connectivity index (χ1) is 13.7. The molecule has 1 N–H and O–H groups in total. The second-order valence-electron chi connectivity index (χ2n) is 6.83. The molecule has 0 atom stereocenters. The summed E-state index contributed by atoms with van der Waals surface area (Å²) in [6.07, 6.45) is 2.15. The third kappa shape index (κ3) is 4.29. The maximum atomic E-state index is 12.4. The minimum Gasteiger partial charge on any atom is -0.342 e. The number of carbonyl (C=O) groups excluding carboxylic acids is 1. The van der Waals surface area contributed by atoms with Crippen LogP contribution in [0.3, 0.4) is 0 Å². The number of fused-ring (bicyclic) bond motifs is 1. The predicted molar refractivity (Wildman–Crippen MR) is 118 cm³/mol. The second-order valence-corrected chi connectivity index (χ2v) is 7.84. The van der Waals surface area contributed by atoms with Crippen molar-refractivity contribution in [3.63, 3.8) is 0 Å². The maximum Gasteiger partial charge on any atom is 0.234 e. The van der Waals surface area contributed by atoms with Gasteiger partial charge in [0.05, 0.1) is 5.75 Å². The molecule has 3 aromatic carbocycles. The zero-order valence-electron chi connectivity index (χ0n) is 15.8. The summed E-state index contributed by atoms with van der Waals surface area (Å²) in [4.78, 5) is 13.5. The number of nitrogens with zero attached hydrogens (tertiary/aromatic N) is 1. The van der Waals surface area contributed by atoms with Crippen LogP contribution in [0, 0.1) is 6.92 Å². The van der Waals surface area contributed by atoms with Crippen LogP contribution in [0.25, 0.3) is 10.9 Å². The Hall–Kier alpha value is -2.98. The van der Waals surface area contributed by atoms with E-state index in [2.05, 4.69) is 58.5 Å². The fourth-order valence-electron chi connectivity index (χ4n) is 3.22. The Morgan fingerprint density at radius 3 is 2.43 bits per heavy atom. The van der Waals surface area contributed by atoms with E-state index >= 15 is 0 Å². The van der Waals surface area contributed by atoms with Crippen molar-refractivity contribution >= 4 is 34.3 Å². The molecule has 4 heteroatoms. The molecule has 0 saturated carbocycles. The molecule has 0 radical (unpaired) electrons. The van der Waals surface area contributed by atoms with Crippen LogP contribution in [0.5, 0.6) is 0 Å². The van der Waals surface area contributed by atoms with Crippen LogP contribution in [0.2, 0.25) is 0 Å². The third-order valence-corrected chi connectivity index (χ3v) is 5.68. The van der Waals surface area contributed by atoms with E-state index < -0.39 is 0 Å². The molecule has 28 heavy (non-hydrogen) atoms. The van der Waals surface area contributed by atoms with Gasteiger partial charge in [-0.15, -0.1) is 11.8 Å². The molecule has 4 rings (SSSR count). The highest BCUT2D eigenvalue weighted by atomic mass is 32.2. The van der Waals surface area contributed by atoms with Crippen LogP contribution in [-0.4, -0.2) is 16.2 Å². The van der Waals surface area contributed by atoms with Gasteiger partial charge < -0.3 is 9.88 Å². The summed E-state index contributed by atoms with van der Waals surface area (Å²) in [6.45, 7) is 2.85. The van der Waals surface area contributed by atoms with E-state index in [0.29, 0.717) is 5.75 Å². The Morgan fingerprint density at radius 1 is 0.929 bits per heavy atom. The van der Waals surface area contributed by atoms with Gasteiger partial charge in [-0.25, -0.2) is 0 Å². The predicted octanol–water partition coefficient (Wildman–Crippen LogP) is 5.73. The molecule has 140 valence electrons. The summed E-state index contributed by atoms with van der Waals surface area (Å²) < 4.78 is 2.25. The highest BCUT2D eigenvalue weighted by Gasteiger charge is 2.11. The van der Waals surface area contributed by atoms with E-state index in [4.69, 9.17) is 0 Å². The van der Waals surface area contributed by atoms with Crippen molar-refractivity contribution in [2.45, 2.75) is 18.4 Å². The van der Waals surface area contributed by atoms with Gasteiger partial charge >= 0.3 is 0 Å². The molecule has 0 bridgehead atoms. The van der Waals surface area contributed by atoms with Gasteiger partial charge in [0.2, 0.25) is 5.91 Å². The molecule has 0 aliphatic rings. The van der Waals surface area contributed by atoms with Crippen molar-refractivity contribution in [3.8, 4) is 0 Å². The van der Waals surface area contributed by atoms with E-state index in [1.807, 2.05) is 43.3 Å². The Labute approximate surface area is 169 Å². The van der Waals surface area contributed by atoms with Gasteiger partial charge in [0.1, 0.15) is 0 Å². The zero-order valence-corrected chi connectivity index (χ0v) is 16.6. The van der Waals surface area contributed by atoms with Gasteiger partial charge in [-0.05, 0) is 30.7 Å². The zero-order chi connectivity index (χ0) is 19.3. The summed E-state index contributed by atoms with van der Waals surface area (Å²) in [5, 5.41) is 4.15. The first-order valence-corrected chi connectivity index (χ1v) is 10.3. The van der Waals surface area contributed by atoms with E-state index in [9.17, 15) is 4.79 Å². The number of amides is 1. The SMILES string of the molecule is Cc1ccc(NC(=O)CSc2cn(Cc3ccccc3)c3ccccc23)cc1. The number of carbonyl (C=O) groups is 1. The molecule has 1 aromatic heterocycles. The minimum atomic E-state index is 0.00810. The number of anilines is 1.